The van der Waals surface area contributed by atoms with Crippen LogP contribution in [0.4, 0.5) is 0 Å². The number of aliphatic hydroxyl groups is 2. The highest BCUT2D eigenvalue weighted by atomic mass is 28.5. The van der Waals surface area contributed by atoms with Crippen molar-refractivity contribution < 1.29 is 51.4 Å². The first-order chi connectivity index (χ1) is 22.2. The Labute approximate surface area is 325 Å². The van der Waals surface area contributed by atoms with Crippen LogP contribution in [0.25, 0.3) is 0 Å². The van der Waals surface area contributed by atoms with Gasteiger partial charge in [-0.1, -0.05) is 0 Å². The molecule has 2 N–H and O–H groups in total. The van der Waals surface area contributed by atoms with Crippen molar-refractivity contribution in [3.8, 4) is 0 Å². The largest absolute Gasteiger partial charge is 0.436 e. The van der Waals surface area contributed by atoms with Gasteiger partial charge in [-0.05, 0) is 169 Å². The molecule has 0 aliphatic carbocycles. The van der Waals surface area contributed by atoms with Gasteiger partial charge in [-0.25, -0.2) is 0 Å². The van der Waals surface area contributed by atoms with E-state index in [4.69, 9.17) is 41.2 Å². The molecule has 0 aliphatic rings. The zero-order chi connectivity index (χ0) is 40.8. The fourth-order valence-electron chi connectivity index (χ4n) is 7.37. The Morgan fingerprint density at radius 3 is 0.529 bits per heavy atom. The molecule has 0 saturated heterocycles. The maximum atomic E-state index is 9.31. The predicted octanol–water partition coefficient (Wildman–Crippen LogP) is 8.64. The van der Waals surface area contributed by atoms with Crippen LogP contribution < -0.4 is 0 Å². The van der Waals surface area contributed by atoms with E-state index in [9.17, 15) is 10.2 Å². The lowest BCUT2D eigenvalue weighted by Gasteiger charge is -2.45. The molecule has 0 bridgehead atoms. The lowest BCUT2D eigenvalue weighted by Crippen LogP contribution is -2.62. The molecule has 0 amide bonds. The summed E-state index contributed by atoms with van der Waals surface area (Å²) in [4.78, 5) is 0. The van der Waals surface area contributed by atoms with Crippen LogP contribution in [-0.2, 0) is 41.2 Å². The smallest absolute Gasteiger partial charge is 0.314 e. The summed E-state index contributed by atoms with van der Waals surface area (Å²) in [7, 11) is -27.7. The van der Waals surface area contributed by atoms with E-state index >= 15 is 0 Å². The Balaban J connectivity index is 5.53. The summed E-state index contributed by atoms with van der Waals surface area (Å²) < 4.78 is 67.2. The minimum Gasteiger partial charge on any atom is -0.436 e. The fourth-order valence-corrected chi connectivity index (χ4v) is 63.6. The van der Waals surface area contributed by atoms with Crippen LogP contribution in [0.1, 0.15) is 12.8 Å². The second-order valence-electron chi connectivity index (χ2n) is 18.8. The van der Waals surface area contributed by atoms with Gasteiger partial charge in [0, 0.05) is 13.2 Å². The van der Waals surface area contributed by atoms with Crippen LogP contribution in [0, 0.1) is 0 Å². The van der Waals surface area contributed by atoms with Crippen molar-refractivity contribution in [3.05, 3.63) is 0 Å². The van der Waals surface area contributed by atoms with Crippen molar-refractivity contribution in [3.63, 3.8) is 0 Å². The quantitative estimate of drug-likeness (QED) is 0.0806. The van der Waals surface area contributed by atoms with Crippen molar-refractivity contribution in [2.45, 2.75) is 169 Å². The molecule has 0 aromatic carbocycles. The Bertz CT molecular complexity index is 992. The van der Waals surface area contributed by atoms with Crippen LogP contribution in [0.3, 0.4) is 0 Å². The van der Waals surface area contributed by atoms with E-state index in [0.29, 0.717) is 0 Å². The number of hydrogen-bond donors (Lipinski definition) is 2. The predicted molar refractivity (Wildman–Crippen MR) is 236 cm³/mol. The Morgan fingerprint density at radius 2 is 0.392 bits per heavy atom. The second-order valence-corrected chi connectivity index (χ2v) is 60.2. The molecule has 0 saturated carbocycles. The van der Waals surface area contributed by atoms with Gasteiger partial charge in [-0.3, -0.25) is 0 Å². The normalized spacial score (nSPS) is 15.5. The van der Waals surface area contributed by atoms with Crippen LogP contribution in [0.15, 0.2) is 0 Å². The zero-order valence-electron chi connectivity index (χ0n) is 36.7. The maximum Gasteiger partial charge on any atom is 0.314 e. The lowest BCUT2D eigenvalue weighted by atomic mass is 10.5. The molecule has 0 atom stereocenters. The van der Waals surface area contributed by atoms with E-state index < -0.39 is 93.7 Å². The van der Waals surface area contributed by atoms with Gasteiger partial charge < -0.3 is 51.4 Å². The summed E-state index contributed by atoms with van der Waals surface area (Å²) in [6.45, 7) is 46.3. The molecule has 0 unspecified atom stereocenters. The van der Waals surface area contributed by atoms with E-state index in [2.05, 4.69) is 144 Å². The first-order valence-corrected chi connectivity index (χ1v) is 50.0. The Morgan fingerprint density at radius 1 is 0.255 bits per heavy atom. The SMILES string of the molecule is C[Si](C)(CCCO)O[Si](C)(C)O[Si](C)(C)O[Si](C)(C)O[Si](C)(C)O[Si](C)(C)O[Si](C)(C)O[Si](C)(C)O[Si](C)(C)O[Si](C)(C)O[Si](C)(C)CCCO. The summed E-state index contributed by atoms with van der Waals surface area (Å²) in [6.07, 6.45) is 1.49. The van der Waals surface area contributed by atoms with Crippen molar-refractivity contribution >= 4 is 93.7 Å². The highest BCUT2D eigenvalue weighted by molar-refractivity contribution is 6.93. The van der Waals surface area contributed by atoms with Gasteiger partial charge in [0.1, 0.15) is 0 Å². The minimum absolute atomic E-state index is 0.176. The van der Waals surface area contributed by atoms with Crippen LogP contribution in [-0.4, -0.2) is 117 Å². The molecule has 308 valence electrons. The summed E-state index contributed by atoms with van der Waals surface area (Å²) in [5.74, 6) is 0. The van der Waals surface area contributed by atoms with Gasteiger partial charge in [-0.15, -0.1) is 0 Å². The molecule has 0 fully saturated rings. The molecule has 0 spiro atoms. The summed E-state index contributed by atoms with van der Waals surface area (Å²) in [6, 6.07) is 1.78. The molecule has 0 aromatic rings. The number of hydrogen-bond acceptors (Lipinski definition) is 12. The third-order valence-corrected chi connectivity index (χ3v) is 49.8. The van der Waals surface area contributed by atoms with Gasteiger partial charge in [0.2, 0.25) is 0 Å². The van der Waals surface area contributed by atoms with Crippen LogP contribution >= 0.6 is 0 Å². The van der Waals surface area contributed by atoms with E-state index in [0.717, 1.165) is 24.9 Å². The third-order valence-electron chi connectivity index (χ3n) is 6.85. The minimum atomic E-state index is -2.73. The van der Waals surface area contributed by atoms with E-state index in [1.165, 1.54) is 0 Å². The molecule has 23 heteroatoms. The van der Waals surface area contributed by atoms with E-state index in [-0.39, 0.29) is 13.2 Å². The Hall–Kier alpha value is 1.91. The number of aliphatic hydroxyl groups excluding tert-OH is 2. The topological polar surface area (TPSA) is 133 Å². The summed E-state index contributed by atoms with van der Waals surface area (Å²) in [5.41, 5.74) is 0. The lowest BCUT2D eigenvalue weighted by molar-refractivity contribution is 0.254. The summed E-state index contributed by atoms with van der Waals surface area (Å²) >= 11 is 0. The Kier molecular flexibility index (Phi) is 19.8. The van der Waals surface area contributed by atoms with Crippen molar-refractivity contribution in [1.29, 1.82) is 0 Å². The first kappa shape index (κ1) is 52.9. The standard InChI is InChI=1S/C28H80O12Si11/c1-41(2,27-23-25-29)31-43(5,6)33-45(9,10)35-47(13,14)37-49(17,18)39-51(21,22)40-50(19,20)38-48(15,16)36-46(11,12)34-44(7,8)32-42(3,4)28-24-26-30/h29-30H,23-28H2,1-22H3. The van der Waals surface area contributed by atoms with Gasteiger partial charge >= 0.3 is 77.0 Å². The average molecular weight is 918 g/mol. The molecule has 0 heterocycles. The molecule has 0 aliphatic heterocycles. The highest BCUT2D eigenvalue weighted by Crippen LogP contribution is 2.31. The number of rotatable bonds is 26. The van der Waals surface area contributed by atoms with Crippen molar-refractivity contribution in [1.82, 2.24) is 0 Å². The highest BCUT2D eigenvalue weighted by Gasteiger charge is 2.51. The molecular weight excluding hydrogens is 837 g/mol. The van der Waals surface area contributed by atoms with E-state index in [1.54, 1.807) is 0 Å². The maximum absolute atomic E-state index is 9.31. The van der Waals surface area contributed by atoms with Crippen LogP contribution in [0.2, 0.25) is 156 Å². The van der Waals surface area contributed by atoms with Gasteiger partial charge in [-0.2, -0.15) is 0 Å². The molecule has 0 radical (unpaired) electrons. The molecule has 0 aromatic heterocycles. The molecule has 0 rings (SSSR count). The second kappa shape index (κ2) is 19.1. The van der Waals surface area contributed by atoms with Gasteiger partial charge in [0.05, 0.1) is 0 Å². The first-order valence-electron chi connectivity index (χ1n) is 18.4. The summed E-state index contributed by atoms with van der Waals surface area (Å²) in [5, 5.41) is 18.6. The molecule has 12 nitrogen and oxygen atoms in total. The molecule has 51 heavy (non-hydrogen) atoms. The van der Waals surface area contributed by atoms with Gasteiger partial charge in [0.25, 0.3) is 0 Å². The third kappa shape index (κ3) is 25.0. The van der Waals surface area contributed by atoms with Crippen molar-refractivity contribution in [2.75, 3.05) is 13.2 Å². The van der Waals surface area contributed by atoms with E-state index in [1.807, 2.05) is 0 Å². The fraction of sp³-hybridized carbons (Fsp3) is 1.00. The monoisotopic (exact) mass is 916 g/mol. The van der Waals surface area contributed by atoms with Crippen molar-refractivity contribution in [2.24, 2.45) is 0 Å². The zero-order valence-corrected chi connectivity index (χ0v) is 47.7. The van der Waals surface area contributed by atoms with Gasteiger partial charge in [0.15, 0.2) is 16.6 Å². The van der Waals surface area contributed by atoms with Crippen LogP contribution in [0.5, 0.6) is 0 Å². The molecular formula is C28H80O12Si11. The average Bonchev–Trinajstić information content (AvgIpc) is 2.72.